The zero-order valence-electron chi connectivity index (χ0n) is 17.7. The third-order valence-electron chi connectivity index (χ3n) is 3.94. The molecule has 0 spiro atoms. The number of nitrogens with two attached hydrogens (primary N) is 1. The Morgan fingerprint density at radius 2 is 1.72 bits per heavy atom. The fourth-order valence-electron chi connectivity index (χ4n) is 2.32. The summed E-state index contributed by atoms with van der Waals surface area (Å²) in [5.74, 6) is -1.24. The normalized spacial score (nSPS) is 14.3. The average molecular weight is 498 g/mol. The van der Waals surface area contributed by atoms with Crippen LogP contribution < -0.4 is 20.7 Å². The van der Waals surface area contributed by atoms with E-state index >= 15 is 0 Å². The van der Waals surface area contributed by atoms with Gasteiger partial charge in [0, 0.05) is 0 Å². The van der Waals surface area contributed by atoms with Gasteiger partial charge >= 0.3 is 183 Å². The van der Waals surface area contributed by atoms with E-state index in [0.717, 1.165) is 0 Å². The van der Waals surface area contributed by atoms with Crippen molar-refractivity contribution in [3.8, 4) is 0 Å². The van der Waals surface area contributed by atoms with Crippen molar-refractivity contribution in [2.75, 3.05) is 18.6 Å². The minimum atomic E-state index is -1.10. The zero-order chi connectivity index (χ0) is 22.6. The van der Waals surface area contributed by atoms with E-state index in [0.29, 0.717) is 18.6 Å². The summed E-state index contributed by atoms with van der Waals surface area (Å²) in [7, 11) is 0. The van der Waals surface area contributed by atoms with E-state index in [1.807, 2.05) is 20.1 Å². The summed E-state index contributed by atoms with van der Waals surface area (Å²) in [5, 5.41) is 14.3. The van der Waals surface area contributed by atoms with Crippen molar-refractivity contribution in [3.05, 3.63) is 0 Å². The quantitative estimate of drug-likeness (QED) is 0.191. The molecular formula is C18H34N4O5SSe. The molecule has 9 nitrogen and oxygen atoms in total. The monoisotopic (exact) mass is 498 g/mol. The number of nitrogens with one attached hydrogen (secondary N) is 3. The average Bonchev–Trinajstić information content (AvgIpc) is 2.62. The topological polar surface area (TPSA) is 151 Å². The second-order valence-corrected chi connectivity index (χ2v) is 10.3. The van der Waals surface area contributed by atoms with Gasteiger partial charge in [-0.05, 0) is 0 Å². The van der Waals surface area contributed by atoms with Gasteiger partial charge in [-0.25, -0.2) is 0 Å². The summed E-state index contributed by atoms with van der Waals surface area (Å²) in [6, 6.07) is -2.33. The molecule has 0 aromatic heterocycles. The summed E-state index contributed by atoms with van der Waals surface area (Å²) in [5.41, 5.74) is 5.78. The van der Waals surface area contributed by atoms with E-state index in [1.54, 1.807) is 25.6 Å². The fourth-order valence-corrected chi connectivity index (χ4v) is 4.15. The third-order valence-corrected chi connectivity index (χ3v) is 6.21. The number of amides is 2. The van der Waals surface area contributed by atoms with Gasteiger partial charge in [-0.3, -0.25) is 0 Å². The van der Waals surface area contributed by atoms with E-state index in [9.17, 15) is 24.3 Å². The van der Waals surface area contributed by atoms with Crippen molar-refractivity contribution in [1.29, 1.82) is 0 Å². The molecular weight excluding hydrogens is 463 g/mol. The van der Waals surface area contributed by atoms with E-state index in [1.165, 1.54) is 0 Å². The first kappa shape index (κ1) is 27.9. The Kier molecular flexibility index (Phi) is 14.2. The molecule has 0 heterocycles. The summed E-state index contributed by atoms with van der Waals surface area (Å²) >= 11 is 0.806. The van der Waals surface area contributed by atoms with Gasteiger partial charge < -0.3 is 0 Å². The van der Waals surface area contributed by atoms with Crippen LogP contribution in [-0.4, -0.2) is 79.4 Å². The minimum absolute atomic E-state index is 0.155. The van der Waals surface area contributed by atoms with Crippen LogP contribution in [0, 0.1) is 11.8 Å². The maximum atomic E-state index is 12.5. The molecule has 11 heteroatoms. The fraction of sp³-hybridized carbons (Fsp3) is 0.778. The molecule has 0 radical (unpaired) electrons. The molecule has 2 amide bonds. The van der Waals surface area contributed by atoms with Crippen LogP contribution >= 0.6 is 11.8 Å². The Labute approximate surface area is 183 Å². The van der Waals surface area contributed by atoms with Crippen molar-refractivity contribution in [3.63, 3.8) is 0 Å². The van der Waals surface area contributed by atoms with Crippen LogP contribution in [0.3, 0.4) is 0 Å². The van der Waals surface area contributed by atoms with Gasteiger partial charge in [0.25, 0.3) is 0 Å². The molecule has 0 aromatic carbocycles. The maximum absolute atomic E-state index is 12.5. The van der Waals surface area contributed by atoms with Crippen molar-refractivity contribution in [2.45, 2.75) is 58.7 Å². The van der Waals surface area contributed by atoms with Gasteiger partial charge in [-0.1, -0.05) is 0 Å². The second-order valence-electron chi connectivity index (χ2n) is 7.45. The molecule has 3 atom stereocenters. The van der Waals surface area contributed by atoms with Crippen LogP contribution in [0.2, 0.25) is 0 Å². The number of carboxylic acids is 1. The second kappa shape index (κ2) is 14.8. The van der Waals surface area contributed by atoms with Crippen LogP contribution in [0.5, 0.6) is 0 Å². The predicted molar refractivity (Wildman–Crippen MR) is 116 cm³/mol. The van der Waals surface area contributed by atoms with Crippen molar-refractivity contribution >= 4 is 49.4 Å². The molecule has 0 saturated carbocycles. The Balaban J connectivity index is 4.67. The van der Waals surface area contributed by atoms with Crippen LogP contribution in [0.1, 0.15) is 40.5 Å². The number of carbonyl (C=O) groups is 4. The Morgan fingerprint density at radius 3 is 2.21 bits per heavy atom. The van der Waals surface area contributed by atoms with Crippen molar-refractivity contribution < 1.29 is 24.3 Å². The number of thioether (sulfide) groups is 1. The van der Waals surface area contributed by atoms with E-state index < -0.39 is 45.2 Å². The summed E-state index contributed by atoms with van der Waals surface area (Å²) < 4.78 is 2.70. The molecule has 0 aliphatic carbocycles. The predicted octanol–water partition coefficient (Wildman–Crippen LogP) is -0.441. The SMILES string of the molecule is CSCC[C@H](N[Se]C(=O)CNC(=O)[C@@H](N)CC(C)C)C(=O)N[C@H](C(=O)O)C(C)C. The zero-order valence-corrected chi connectivity index (χ0v) is 20.2. The van der Waals surface area contributed by atoms with E-state index in [4.69, 9.17) is 5.73 Å². The summed E-state index contributed by atoms with van der Waals surface area (Å²) in [4.78, 5) is 47.8. The number of hydrogen-bond donors (Lipinski definition) is 5. The van der Waals surface area contributed by atoms with Gasteiger partial charge in [0.2, 0.25) is 0 Å². The summed E-state index contributed by atoms with van der Waals surface area (Å²) in [6.45, 7) is 7.18. The number of carboxylic acid groups (broad SMARTS) is 1. The van der Waals surface area contributed by atoms with Crippen LogP contribution in [0.4, 0.5) is 0 Å². The molecule has 0 bridgehead atoms. The van der Waals surface area contributed by atoms with Gasteiger partial charge in [0.15, 0.2) is 0 Å². The molecule has 0 fully saturated rings. The van der Waals surface area contributed by atoms with E-state index in [-0.39, 0.29) is 29.0 Å². The first-order valence-electron chi connectivity index (χ1n) is 9.50. The van der Waals surface area contributed by atoms with Crippen LogP contribution in [0.15, 0.2) is 0 Å². The molecule has 0 aliphatic heterocycles. The molecule has 0 saturated heterocycles. The van der Waals surface area contributed by atoms with Gasteiger partial charge in [-0.2, -0.15) is 0 Å². The molecule has 168 valence electrons. The first-order chi connectivity index (χ1) is 13.5. The molecule has 6 N–H and O–H groups in total. The molecule has 0 aliphatic rings. The van der Waals surface area contributed by atoms with Gasteiger partial charge in [-0.15, -0.1) is 0 Å². The summed E-state index contributed by atoms with van der Waals surface area (Å²) in [6.07, 6.45) is 2.88. The first-order valence-corrected chi connectivity index (χ1v) is 12.6. The number of hydrogen-bond acceptors (Lipinski definition) is 7. The van der Waals surface area contributed by atoms with Crippen LogP contribution in [-0.2, 0) is 19.2 Å². The van der Waals surface area contributed by atoms with Gasteiger partial charge in [0.1, 0.15) is 0 Å². The van der Waals surface area contributed by atoms with E-state index in [2.05, 4.69) is 15.0 Å². The molecule has 0 unspecified atom stereocenters. The van der Waals surface area contributed by atoms with Crippen LogP contribution in [0.25, 0.3) is 0 Å². The molecule has 0 rings (SSSR count). The number of carbonyl (C=O) groups excluding carboxylic acids is 3. The standard InChI is InChI=1S/C18H34N4O5SSe/c1-10(2)8-12(19)16(24)20-9-14(23)29-22-13(6-7-28-5)17(25)21-15(11(3)4)18(26)27/h10-13,15,22H,6-9,19H2,1-5H3,(H,20,24)(H,21,25)(H,26,27)/t12-,13-,15-/m0/s1. The number of rotatable bonds is 15. The Morgan fingerprint density at radius 1 is 1.10 bits per heavy atom. The van der Waals surface area contributed by atoms with Crippen molar-refractivity contribution in [1.82, 2.24) is 15.0 Å². The Hall–Kier alpha value is -1.13. The molecule has 29 heavy (non-hydrogen) atoms. The van der Waals surface area contributed by atoms with Gasteiger partial charge in [0.05, 0.1) is 0 Å². The third kappa shape index (κ3) is 12.2. The number of aliphatic carboxylic acids is 1. The van der Waals surface area contributed by atoms with Crippen molar-refractivity contribution in [2.24, 2.45) is 17.6 Å². The molecule has 0 aromatic rings. The Bertz CT molecular complexity index is 562.